The Morgan fingerprint density at radius 2 is 2.17 bits per heavy atom. The standard InChI is InChI=1S/C8H9BrN2O/c1-5-3-6(9)4-7(12-2)8(5)11-10/h3-4,10H,1-2H3. The highest BCUT2D eigenvalue weighted by Crippen LogP contribution is 2.33. The number of rotatable bonds is 2. The van der Waals surface area contributed by atoms with Gasteiger partial charge < -0.3 is 4.74 Å². The van der Waals surface area contributed by atoms with Gasteiger partial charge in [0.05, 0.1) is 7.11 Å². The molecule has 1 aromatic rings. The van der Waals surface area contributed by atoms with Crippen molar-refractivity contribution in [1.82, 2.24) is 0 Å². The van der Waals surface area contributed by atoms with Gasteiger partial charge in [-0.2, -0.15) is 5.11 Å². The van der Waals surface area contributed by atoms with Crippen LogP contribution in [0.15, 0.2) is 21.7 Å². The fourth-order valence-electron chi connectivity index (χ4n) is 1.00. The quantitative estimate of drug-likeness (QED) is 0.775. The Morgan fingerprint density at radius 3 is 2.67 bits per heavy atom. The lowest BCUT2D eigenvalue weighted by atomic mass is 10.2. The Kier molecular flexibility index (Phi) is 2.81. The van der Waals surface area contributed by atoms with Crippen molar-refractivity contribution < 1.29 is 4.74 Å². The number of hydrogen-bond donors (Lipinski definition) is 1. The number of aryl methyl sites for hydroxylation is 1. The second kappa shape index (κ2) is 3.67. The van der Waals surface area contributed by atoms with Crippen LogP contribution in [0.5, 0.6) is 5.75 Å². The van der Waals surface area contributed by atoms with Crippen LogP contribution in [0.1, 0.15) is 5.56 Å². The molecule has 0 amide bonds. The van der Waals surface area contributed by atoms with Gasteiger partial charge in [0.25, 0.3) is 0 Å². The molecule has 1 rings (SSSR count). The summed E-state index contributed by atoms with van der Waals surface area (Å²) < 4.78 is 5.99. The van der Waals surface area contributed by atoms with E-state index in [1.807, 2.05) is 13.0 Å². The molecule has 0 heterocycles. The zero-order chi connectivity index (χ0) is 9.14. The number of nitrogens with zero attached hydrogens (tertiary/aromatic N) is 1. The predicted octanol–water partition coefficient (Wildman–Crippen LogP) is 3.43. The van der Waals surface area contributed by atoms with Crippen molar-refractivity contribution >= 4 is 21.6 Å². The van der Waals surface area contributed by atoms with Gasteiger partial charge in [-0.25, -0.2) is 5.53 Å². The van der Waals surface area contributed by atoms with Crippen LogP contribution in [0.4, 0.5) is 5.69 Å². The van der Waals surface area contributed by atoms with Crippen LogP contribution in [0.3, 0.4) is 0 Å². The summed E-state index contributed by atoms with van der Waals surface area (Å²) in [6, 6.07) is 3.69. The van der Waals surface area contributed by atoms with Crippen LogP contribution in [-0.2, 0) is 0 Å². The number of ether oxygens (including phenoxy) is 1. The molecule has 0 aliphatic carbocycles. The Balaban J connectivity index is 3.33. The van der Waals surface area contributed by atoms with E-state index in [0.29, 0.717) is 11.4 Å². The first-order chi connectivity index (χ1) is 5.69. The number of halogens is 1. The van der Waals surface area contributed by atoms with E-state index in [2.05, 4.69) is 21.0 Å². The molecule has 0 aliphatic heterocycles. The zero-order valence-electron chi connectivity index (χ0n) is 6.89. The minimum Gasteiger partial charge on any atom is -0.494 e. The lowest BCUT2D eigenvalue weighted by molar-refractivity contribution is 0.415. The summed E-state index contributed by atoms with van der Waals surface area (Å²) in [6.45, 7) is 1.89. The number of hydrogen-bond acceptors (Lipinski definition) is 3. The minimum atomic E-state index is 0.584. The third-order valence-corrected chi connectivity index (χ3v) is 2.02. The molecule has 0 bridgehead atoms. The molecule has 0 spiro atoms. The number of benzene rings is 1. The van der Waals surface area contributed by atoms with Crippen molar-refractivity contribution in [3.8, 4) is 5.75 Å². The lowest BCUT2D eigenvalue weighted by Gasteiger charge is -2.06. The molecule has 0 aromatic heterocycles. The maximum Gasteiger partial charge on any atom is 0.147 e. The molecule has 1 N–H and O–H groups in total. The van der Waals surface area contributed by atoms with Crippen LogP contribution >= 0.6 is 15.9 Å². The van der Waals surface area contributed by atoms with Crippen molar-refractivity contribution in [2.75, 3.05) is 7.11 Å². The lowest BCUT2D eigenvalue weighted by Crippen LogP contribution is -1.85. The topological polar surface area (TPSA) is 45.4 Å². The monoisotopic (exact) mass is 228 g/mol. The van der Waals surface area contributed by atoms with Gasteiger partial charge in [0.15, 0.2) is 0 Å². The van der Waals surface area contributed by atoms with Gasteiger partial charge in [-0.05, 0) is 24.6 Å². The summed E-state index contributed by atoms with van der Waals surface area (Å²) in [5, 5.41) is 3.39. The normalized spacial score (nSPS) is 9.58. The fraction of sp³-hybridized carbons (Fsp3) is 0.250. The molecule has 0 radical (unpaired) electrons. The second-order valence-corrected chi connectivity index (χ2v) is 3.30. The summed E-state index contributed by atoms with van der Waals surface area (Å²) in [5.74, 6) is 0.622. The highest BCUT2D eigenvalue weighted by molar-refractivity contribution is 9.10. The average Bonchev–Trinajstić information content (AvgIpc) is 2.03. The summed E-state index contributed by atoms with van der Waals surface area (Å²) in [5.41, 5.74) is 8.44. The van der Waals surface area contributed by atoms with E-state index >= 15 is 0 Å². The van der Waals surface area contributed by atoms with Crippen molar-refractivity contribution in [3.63, 3.8) is 0 Å². The van der Waals surface area contributed by atoms with Gasteiger partial charge in [0.2, 0.25) is 0 Å². The summed E-state index contributed by atoms with van der Waals surface area (Å²) in [4.78, 5) is 0. The van der Waals surface area contributed by atoms with E-state index in [0.717, 1.165) is 10.0 Å². The van der Waals surface area contributed by atoms with E-state index in [1.165, 1.54) is 0 Å². The summed E-state index contributed by atoms with van der Waals surface area (Å²) in [6.07, 6.45) is 0. The first kappa shape index (κ1) is 9.19. The Morgan fingerprint density at radius 1 is 1.50 bits per heavy atom. The van der Waals surface area contributed by atoms with Crippen molar-refractivity contribution in [3.05, 3.63) is 22.2 Å². The first-order valence-electron chi connectivity index (χ1n) is 3.40. The highest BCUT2D eigenvalue weighted by atomic mass is 79.9. The Bertz CT molecular complexity index is 312. The average molecular weight is 229 g/mol. The Labute approximate surface area is 79.4 Å². The molecule has 4 heteroatoms. The van der Waals surface area contributed by atoms with Crippen LogP contribution in [0, 0.1) is 12.5 Å². The predicted molar refractivity (Wildman–Crippen MR) is 50.2 cm³/mol. The SMILES string of the molecule is COc1cc(Br)cc(C)c1N=N. The molecule has 0 saturated heterocycles. The van der Waals surface area contributed by atoms with E-state index in [4.69, 9.17) is 10.3 Å². The molecule has 64 valence electrons. The van der Waals surface area contributed by atoms with Gasteiger partial charge in [0, 0.05) is 4.47 Å². The Hall–Kier alpha value is -0.900. The van der Waals surface area contributed by atoms with Crippen molar-refractivity contribution in [2.45, 2.75) is 6.92 Å². The molecule has 0 fully saturated rings. The van der Waals surface area contributed by atoms with Gasteiger partial charge >= 0.3 is 0 Å². The first-order valence-corrected chi connectivity index (χ1v) is 4.20. The number of nitrogens with one attached hydrogen (secondary N) is 1. The van der Waals surface area contributed by atoms with E-state index < -0.39 is 0 Å². The van der Waals surface area contributed by atoms with Crippen molar-refractivity contribution in [1.29, 1.82) is 5.53 Å². The molecule has 0 unspecified atom stereocenters. The summed E-state index contributed by atoms with van der Waals surface area (Å²) in [7, 11) is 1.57. The van der Waals surface area contributed by atoms with E-state index in [1.54, 1.807) is 13.2 Å². The molecule has 0 aliphatic rings. The van der Waals surface area contributed by atoms with Crippen LogP contribution in [-0.4, -0.2) is 7.11 Å². The fourth-order valence-corrected chi connectivity index (χ4v) is 1.55. The smallest absolute Gasteiger partial charge is 0.147 e. The molecular formula is C8H9BrN2O. The van der Waals surface area contributed by atoms with E-state index in [-0.39, 0.29) is 0 Å². The van der Waals surface area contributed by atoms with Gasteiger partial charge in [-0.1, -0.05) is 15.9 Å². The number of methoxy groups -OCH3 is 1. The third-order valence-electron chi connectivity index (χ3n) is 1.56. The maximum atomic E-state index is 6.93. The molecule has 0 atom stereocenters. The molecule has 1 aromatic carbocycles. The van der Waals surface area contributed by atoms with Crippen molar-refractivity contribution in [2.24, 2.45) is 5.11 Å². The van der Waals surface area contributed by atoms with Crippen LogP contribution in [0.25, 0.3) is 0 Å². The zero-order valence-corrected chi connectivity index (χ0v) is 8.47. The molecule has 12 heavy (non-hydrogen) atoms. The minimum absolute atomic E-state index is 0.584. The largest absolute Gasteiger partial charge is 0.494 e. The molecule has 3 nitrogen and oxygen atoms in total. The van der Waals surface area contributed by atoms with E-state index in [9.17, 15) is 0 Å². The highest BCUT2D eigenvalue weighted by Gasteiger charge is 2.06. The van der Waals surface area contributed by atoms with Crippen LogP contribution < -0.4 is 4.74 Å². The summed E-state index contributed by atoms with van der Waals surface area (Å²) >= 11 is 3.33. The van der Waals surface area contributed by atoms with Crippen LogP contribution in [0.2, 0.25) is 0 Å². The van der Waals surface area contributed by atoms with Gasteiger partial charge in [-0.3, -0.25) is 0 Å². The second-order valence-electron chi connectivity index (χ2n) is 2.39. The van der Waals surface area contributed by atoms with Gasteiger partial charge in [0.1, 0.15) is 11.4 Å². The maximum absolute atomic E-state index is 6.93. The third kappa shape index (κ3) is 1.64. The van der Waals surface area contributed by atoms with Gasteiger partial charge in [-0.15, -0.1) is 0 Å². The molecular weight excluding hydrogens is 220 g/mol. The molecule has 0 saturated carbocycles.